The van der Waals surface area contributed by atoms with E-state index in [1.54, 1.807) is 19.2 Å². The van der Waals surface area contributed by atoms with E-state index in [2.05, 4.69) is 0 Å². The molecule has 0 amide bonds. The predicted octanol–water partition coefficient (Wildman–Crippen LogP) is 3.11. The van der Waals surface area contributed by atoms with E-state index in [-0.39, 0.29) is 0 Å². The van der Waals surface area contributed by atoms with Gasteiger partial charge in [-0.1, -0.05) is 30.3 Å². The van der Waals surface area contributed by atoms with E-state index >= 15 is 0 Å². The maximum absolute atomic E-state index is 12.6. The molecule has 2 aromatic carbocycles. The average molecular weight is 273 g/mol. The van der Waals surface area contributed by atoms with Crippen LogP contribution >= 0.6 is 0 Å². The molecule has 19 heavy (non-hydrogen) atoms. The predicted molar refractivity (Wildman–Crippen MR) is 76.9 cm³/mol. The molecule has 1 aliphatic heterocycles. The van der Waals surface area contributed by atoms with Crippen LogP contribution < -0.4 is 4.31 Å². The third kappa shape index (κ3) is 1.53. The monoisotopic (exact) mass is 273 g/mol. The fourth-order valence-electron chi connectivity index (χ4n) is 2.71. The maximum atomic E-state index is 12.6. The summed E-state index contributed by atoms with van der Waals surface area (Å²) < 4.78 is 26.5. The van der Waals surface area contributed by atoms with Crippen molar-refractivity contribution in [2.24, 2.45) is 0 Å². The molecule has 0 aliphatic carbocycles. The van der Waals surface area contributed by atoms with Gasteiger partial charge in [0.15, 0.2) is 0 Å². The maximum Gasteiger partial charge on any atom is 0.264 e. The zero-order valence-corrected chi connectivity index (χ0v) is 12.0. The highest BCUT2D eigenvalue weighted by atomic mass is 32.2. The fraction of sp³-hybridized carbons (Fsp3) is 0.200. The van der Waals surface area contributed by atoms with Crippen molar-refractivity contribution in [3.63, 3.8) is 0 Å². The zero-order valence-electron chi connectivity index (χ0n) is 11.1. The molecule has 0 spiro atoms. The molecule has 0 radical (unpaired) electrons. The van der Waals surface area contributed by atoms with Crippen LogP contribution in [0.15, 0.2) is 41.3 Å². The molecule has 98 valence electrons. The number of aryl methyl sites for hydroxylation is 2. The van der Waals surface area contributed by atoms with Gasteiger partial charge in [0.2, 0.25) is 0 Å². The number of rotatable bonds is 0. The first-order valence-electron chi connectivity index (χ1n) is 6.13. The van der Waals surface area contributed by atoms with Gasteiger partial charge >= 0.3 is 0 Å². The van der Waals surface area contributed by atoms with E-state index in [4.69, 9.17) is 0 Å². The summed E-state index contributed by atoms with van der Waals surface area (Å²) in [5.41, 5.74) is 4.68. The van der Waals surface area contributed by atoms with Crippen LogP contribution in [0.3, 0.4) is 0 Å². The van der Waals surface area contributed by atoms with Gasteiger partial charge in [-0.3, -0.25) is 4.31 Å². The van der Waals surface area contributed by atoms with Crippen molar-refractivity contribution in [3.8, 4) is 11.1 Å². The third-order valence-corrected chi connectivity index (χ3v) is 5.51. The standard InChI is InChI=1S/C15H15NO2S/c1-10-8-9-11(2)15-14(10)12-6-4-5-7-13(12)19(17,18)16(15)3/h4-9H,1-3H3. The van der Waals surface area contributed by atoms with Crippen LogP contribution in [0.1, 0.15) is 11.1 Å². The van der Waals surface area contributed by atoms with Gasteiger partial charge in [0, 0.05) is 18.2 Å². The second-order valence-corrected chi connectivity index (χ2v) is 6.83. The summed E-state index contributed by atoms with van der Waals surface area (Å²) in [4.78, 5) is 0.388. The van der Waals surface area contributed by atoms with Gasteiger partial charge in [-0.2, -0.15) is 0 Å². The zero-order chi connectivity index (χ0) is 13.8. The second-order valence-electron chi connectivity index (χ2n) is 4.89. The molecule has 1 aliphatic rings. The van der Waals surface area contributed by atoms with Gasteiger partial charge in [0.1, 0.15) is 0 Å². The normalized spacial score (nSPS) is 15.8. The minimum atomic E-state index is -3.44. The van der Waals surface area contributed by atoms with Crippen molar-refractivity contribution in [2.75, 3.05) is 11.4 Å². The summed E-state index contributed by atoms with van der Waals surface area (Å²) in [6.07, 6.45) is 0. The minimum absolute atomic E-state index is 0.388. The molecule has 0 bridgehead atoms. The molecular formula is C15H15NO2S. The molecule has 0 N–H and O–H groups in total. The first kappa shape index (κ1) is 12.2. The van der Waals surface area contributed by atoms with Crippen molar-refractivity contribution in [1.29, 1.82) is 0 Å². The molecule has 2 aromatic rings. The molecule has 0 saturated heterocycles. The number of hydrogen-bond donors (Lipinski definition) is 0. The number of anilines is 1. The average Bonchev–Trinajstić information content (AvgIpc) is 2.39. The number of hydrogen-bond acceptors (Lipinski definition) is 2. The fourth-order valence-corrected chi connectivity index (χ4v) is 4.18. The Morgan fingerprint density at radius 3 is 2.32 bits per heavy atom. The topological polar surface area (TPSA) is 37.4 Å². The Kier molecular flexibility index (Phi) is 2.47. The Balaban J connectivity index is 2.53. The van der Waals surface area contributed by atoms with Gasteiger partial charge < -0.3 is 0 Å². The van der Waals surface area contributed by atoms with Gasteiger partial charge in [-0.05, 0) is 31.0 Å². The highest BCUT2D eigenvalue weighted by molar-refractivity contribution is 7.93. The molecule has 0 saturated carbocycles. The van der Waals surface area contributed by atoms with Crippen molar-refractivity contribution in [2.45, 2.75) is 18.7 Å². The lowest BCUT2D eigenvalue weighted by Gasteiger charge is -2.31. The molecule has 0 aromatic heterocycles. The third-order valence-electron chi connectivity index (χ3n) is 3.70. The van der Waals surface area contributed by atoms with E-state index in [1.165, 1.54) is 4.31 Å². The largest absolute Gasteiger partial charge is 0.268 e. The van der Waals surface area contributed by atoms with Crippen LogP contribution in [0, 0.1) is 13.8 Å². The number of benzene rings is 2. The van der Waals surface area contributed by atoms with Crippen LogP contribution in [-0.2, 0) is 10.0 Å². The lowest BCUT2D eigenvalue weighted by molar-refractivity contribution is 0.594. The molecular weight excluding hydrogens is 258 g/mol. The summed E-state index contributed by atoms with van der Waals surface area (Å²) in [5, 5.41) is 0. The molecule has 4 heteroatoms. The van der Waals surface area contributed by atoms with E-state index in [9.17, 15) is 8.42 Å². The molecule has 3 nitrogen and oxygen atoms in total. The van der Waals surface area contributed by atoms with E-state index in [0.29, 0.717) is 4.90 Å². The lowest BCUT2D eigenvalue weighted by atomic mass is 9.95. The molecule has 0 fully saturated rings. The van der Waals surface area contributed by atoms with E-state index in [1.807, 2.05) is 38.1 Å². The van der Waals surface area contributed by atoms with Gasteiger partial charge in [0.25, 0.3) is 10.0 Å². The van der Waals surface area contributed by atoms with E-state index < -0.39 is 10.0 Å². The van der Waals surface area contributed by atoms with Crippen LogP contribution in [0.25, 0.3) is 11.1 Å². The first-order valence-corrected chi connectivity index (χ1v) is 7.57. The lowest BCUT2D eigenvalue weighted by Crippen LogP contribution is -2.31. The molecule has 0 unspecified atom stereocenters. The highest BCUT2D eigenvalue weighted by Gasteiger charge is 2.33. The summed E-state index contributed by atoms with van der Waals surface area (Å²) in [6, 6.07) is 11.2. The van der Waals surface area contributed by atoms with Crippen molar-refractivity contribution in [1.82, 2.24) is 0 Å². The second kappa shape index (κ2) is 3.84. The van der Waals surface area contributed by atoms with Crippen LogP contribution in [0.5, 0.6) is 0 Å². The smallest absolute Gasteiger partial charge is 0.264 e. The summed E-state index contributed by atoms with van der Waals surface area (Å²) in [6.45, 7) is 3.96. The minimum Gasteiger partial charge on any atom is -0.268 e. The Morgan fingerprint density at radius 2 is 1.58 bits per heavy atom. The Labute approximate surface area is 113 Å². The Hall–Kier alpha value is -1.81. The highest BCUT2D eigenvalue weighted by Crippen LogP contribution is 2.45. The van der Waals surface area contributed by atoms with Gasteiger partial charge in [-0.25, -0.2) is 8.42 Å². The molecule has 3 rings (SSSR count). The number of nitrogens with zero attached hydrogens (tertiary/aromatic N) is 1. The summed E-state index contributed by atoms with van der Waals surface area (Å²) >= 11 is 0. The quantitative estimate of drug-likeness (QED) is 0.739. The van der Waals surface area contributed by atoms with E-state index in [0.717, 1.165) is 27.9 Å². The SMILES string of the molecule is Cc1ccc(C)c2c1-c1ccccc1S(=O)(=O)N2C. The Bertz CT molecular complexity index is 779. The van der Waals surface area contributed by atoms with Crippen LogP contribution in [0.4, 0.5) is 5.69 Å². The van der Waals surface area contributed by atoms with Crippen molar-refractivity contribution < 1.29 is 8.42 Å². The van der Waals surface area contributed by atoms with Crippen molar-refractivity contribution >= 4 is 15.7 Å². The number of fused-ring (bicyclic) bond motifs is 3. The van der Waals surface area contributed by atoms with Crippen molar-refractivity contribution in [3.05, 3.63) is 47.5 Å². The first-order chi connectivity index (χ1) is 8.94. The molecule has 0 atom stereocenters. The molecule has 1 heterocycles. The van der Waals surface area contributed by atoms with Gasteiger partial charge in [-0.15, -0.1) is 0 Å². The Morgan fingerprint density at radius 1 is 0.947 bits per heavy atom. The van der Waals surface area contributed by atoms with Crippen LogP contribution in [0.2, 0.25) is 0 Å². The van der Waals surface area contributed by atoms with Crippen LogP contribution in [-0.4, -0.2) is 15.5 Å². The summed E-state index contributed by atoms with van der Waals surface area (Å²) in [5.74, 6) is 0. The van der Waals surface area contributed by atoms with Gasteiger partial charge in [0.05, 0.1) is 10.6 Å². The summed E-state index contributed by atoms with van der Waals surface area (Å²) in [7, 11) is -1.82. The number of sulfonamides is 1.